The number of carbonyl (C=O) groups is 1. The molecule has 2 N–H and O–H groups in total. The number of aromatic nitrogens is 1. The molecule has 0 aliphatic heterocycles. The zero-order valence-electron chi connectivity index (χ0n) is 12.4. The van der Waals surface area contributed by atoms with Gasteiger partial charge in [-0.05, 0) is 41.8 Å². The van der Waals surface area contributed by atoms with Crippen molar-refractivity contribution in [1.29, 1.82) is 0 Å². The van der Waals surface area contributed by atoms with Crippen molar-refractivity contribution in [3.8, 4) is 0 Å². The van der Waals surface area contributed by atoms with Crippen molar-refractivity contribution in [3.63, 3.8) is 0 Å². The van der Waals surface area contributed by atoms with Gasteiger partial charge in [0.05, 0.1) is 6.42 Å². The lowest BCUT2D eigenvalue weighted by atomic mass is 10.1. The molecule has 0 spiro atoms. The van der Waals surface area contributed by atoms with Crippen molar-refractivity contribution in [3.05, 3.63) is 69.8 Å². The third-order valence-electron chi connectivity index (χ3n) is 3.71. The van der Waals surface area contributed by atoms with Crippen LogP contribution in [-0.2, 0) is 17.6 Å². The number of fused-ring (bicyclic) bond motifs is 1. The third-order valence-corrected chi connectivity index (χ3v) is 4.18. The molecule has 3 nitrogen and oxygen atoms in total. The fourth-order valence-electron chi connectivity index (χ4n) is 2.58. The number of hydrogen-bond acceptors (Lipinski definition) is 1. The number of amides is 1. The first-order valence-corrected chi connectivity index (χ1v) is 8.14. The molecule has 0 atom stereocenters. The van der Waals surface area contributed by atoms with E-state index in [0.29, 0.717) is 23.0 Å². The largest absolute Gasteiger partial charge is 0.361 e. The molecule has 23 heavy (non-hydrogen) atoms. The van der Waals surface area contributed by atoms with Crippen molar-refractivity contribution in [2.24, 2.45) is 0 Å². The normalized spacial score (nSPS) is 10.9. The monoisotopic (exact) mass is 346 g/mol. The summed E-state index contributed by atoms with van der Waals surface area (Å²) in [6, 6.07) is 13.3. The van der Waals surface area contributed by atoms with Gasteiger partial charge in [0.15, 0.2) is 0 Å². The minimum absolute atomic E-state index is 0.00266. The Morgan fingerprint density at radius 2 is 1.91 bits per heavy atom. The molecule has 1 heterocycles. The van der Waals surface area contributed by atoms with Crippen LogP contribution in [0, 0.1) is 0 Å². The van der Waals surface area contributed by atoms with Crippen LogP contribution in [-0.4, -0.2) is 17.4 Å². The second-order valence-corrected chi connectivity index (χ2v) is 6.28. The number of halogens is 2. The van der Waals surface area contributed by atoms with Crippen LogP contribution < -0.4 is 5.32 Å². The molecule has 3 aromatic rings. The summed E-state index contributed by atoms with van der Waals surface area (Å²) >= 11 is 11.9. The molecule has 0 aliphatic rings. The van der Waals surface area contributed by atoms with Gasteiger partial charge < -0.3 is 10.3 Å². The summed E-state index contributed by atoms with van der Waals surface area (Å²) in [4.78, 5) is 15.2. The first-order chi connectivity index (χ1) is 11.1. The van der Waals surface area contributed by atoms with Crippen LogP contribution in [0.15, 0.2) is 48.7 Å². The molecule has 0 saturated heterocycles. The lowest BCUT2D eigenvalue weighted by Gasteiger charge is -2.05. The molecule has 118 valence electrons. The first kappa shape index (κ1) is 15.9. The molecule has 1 aromatic heterocycles. The van der Waals surface area contributed by atoms with Gasteiger partial charge in [0.2, 0.25) is 5.91 Å². The summed E-state index contributed by atoms with van der Waals surface area (Å²) in [6.45, 7) is 0.591. The van der Waals surface area contributed by atoms with Gasteiger partial charge >= 0.3 is 0 Å². The summed E-state index contributed by atoms with van der Waals surface area (Å²) in [5.74, 6) is 0.00266. The highest BCUT2D eigenvalue weighted by atomic mass is 35.5. The summed E-state index contributed by atoms with van der Waals surface area (Å²) in [7, 11) is 0. The smallest absolute Gasteiger partial charge is 0.224 e. The van der Waals surface area contributed by atoms with Crippen LogP contribution in [0.4, 0.5) is 0 Å². The van der Waals surface area contributed by atoms with Crippen LogP contribution in [0.2, 0.25) is 10.0 Å². The Bertz CT molecular complexity index is 842. The average molecular weight is 347 g/mol. The van der Waals surface area contributed by atoms with E-state index in [2.05, 4.69) is 10.3 Å². The van der Waals surface area contributed by atoms with Gasteiger partial charge in [-0.3, -0.25) is 4.79 Å². The predicted octanol–water partition coefficient (Wildman–Crippen LogP) is 4.38. The number of rotatable bonds is 5. The lowest BCUT2D eigenvalue weighted by molar-refractivity contribution is -0.120. The van der Waals surface area contributed by atoms with Gasteiger partial charge in [-0.15, -0.1) is 0 Å². The van der Waals surface area contributed by atoms with Gasteiger partial charge in [-0.25, -0.2) is 0 Å². The van der Waals surface area contributed by atoms with Crippen LogP contribution in [0.3, 0.4) is 0 Å². The Morgan fingerprint density at radius 3 is 2.74 bits per heavy atom. The lowest BCUT2D eigenvalue weighted by Crippen LogP contribution is -2.27. The van der Waals surface area contributed by atoms with Crippen LogP contribution in [0.25, 0.3) is 10.9 Å². The third kappa shape index (κ3) is 4.06. The molecule has 5 heteroatoms. The predicted molar refractivity (Wildman–Crippen MR) is 95.2 cm³/mol. The van der Waals surface area contributed by atoms with Gasteiger partial charge in [0.1, 0.15) is 0 Å². The molecule has 0 unspecified atom stereocenters. The van der Waals surface area contributed by atoms with Crippen LogP contribution in [0.5, 0.6) is 0 Å². The summed E-state index contributed by atoms with van der Waals surface area (Å²) in [5, 5.41) is 5.36. The summed E-state index contributed by atoms with van der Waals surface area (Å²) in [5.41, 5.74) is 3.02. The average Bonchev–Trinajstić information content (AvgIpc) is 2.89. The molecule has 0 fully saturated rings. The number of carbonyl (C=O) groups excluding carboxylic acids is 1. The molecule has 2 aromatic carbocycles. The van der Waals surface area contributed by atoms with Crippen molar-refractivity contribution in [2.75, 3.05) is 6.54 Å². The van der Waals surface area contributed by atoms with E-state index in [4.69, 9.17) is 23.2 Å². The SMILES string of the molecule is O=C(Cc1c[nH]c2cc(Cl)ccc12)NCCc1cccc(Cl)c1. The molecule has 3 rings (SSSR count). The van der Waals surface area contributed by atoms with E-state index in [1.165, 1.54) is 0 Å². The minimum Gasteiger partial charge on any atom is -0.361 e. The fraction of sp³-hybridized carbons (Fsp3) is 0.167. The minimum atomic E-state index is 0.00266. The highest BCUT2D eigenvalue weighted by Gasteiger charge is 2.09. The van der Waals surface area contributed by atoms with E-state index in [1.54, 1.807) is 0 Å². The molecule has 0 radical (unpaired) electrons. The second-order valence-electron chi connectivity index (χ2n) is 5.41. The number of nitrogens with one attached hydrogen (secondary N) is 2. The first-order valence-electron chi connectivity index (χ1n) is 7.38. The summed E-state index contributed by atoms with van der Waals surface area (Å²) in [6.07, 6.45) is 2.96. The maximum Gasteiger partial charge on any atom is 0.224 e. The van der Waals surface area contributed by atoms with Crippen molar-refractivity contribution < 1.29 is 4.79 Å². The molecular formula is C18H16Cl2N2O. The zero-order valence-corrected chi connectivity index (χ0v) is 13.9. The van der Waals surface area contributed by atoms with Gasteiger partial charge in [0, 0.05) is 33.7 Å². The number of aromatic amines is 1. The topological polar surface area (TPSA) is 44.9 Å². The summed E-state index contributed by atoms with van der Waals surface area (Å²) < 4.78 is 0. The van der Waals surface area contributed by atoms with Crippen LogP contribution >= 0.6 is 23.2 Å². The quantitative estimate of drug-likeness (QED) is 0.707. The molecule has 1 amide bonds. The fourth-order valence-corrected chi connectivity index (χ4v) is 2.96. The Kier molecular flexibility index (Phi) is 4.89. The van der Waals surface area contributed by atoms with Crippen molar-refractivity contribution >= 4 is 40.0 Å². The number of H-pyrrole nitrogens is 1. The Labute approximate surface area is 144 Å². The highest BCUT2D eigenvalue weighted by molar-refractivity contribution is 6.31. The van der Waals surface area contributed by atoms with Crippen LogP contribution in [0.1, 0.15) is 11.1 Å². The van der Waals surface area contributed by atoms with Crippen molar-refractivity contribution in [1.82, 2.24) is 10.3 Å². The van der Waals surface area contributed by atoms with E-state index < -0.39 is 0 Å². The molecule has 0 saturated carbocycles. The van der Waals surface area contributed by atoms with E-state index in [1.807, 2.05) is 48.7 Å². The van der Waals surface area contributed by atoms with E-state index in [9.17, 15) is 4.79 Å². The van der Waals surface area contributed by atoms with E-state index >= 15 is 0 Å². The Balaban J connectivity index is 1.56. The maximum absolute atomic E-state index is 12.1. The standard InChI is InChI=1S/C18H16Cl2N2O/c19-14-3-1-2-12(8-14)6-7-21-18(23)9-13-11-22-17-10-15(20)4-5-16(13)17/h1-5,8,10-11,22H,6-7,9H2,(H,21,23). The molecule has 0 aliphatic carbocycles. The maximum atomic E-state index is 12.1. The Hall–Kier alpha value is -1.97. The van der Waals surface area contributed by atoms with E-state index in [0.717, 1.165) is 28.5 Å². The zero-order chi connectivity index (χ0) is 16.2. The Morgan fingerprint density at radius 1 is 1.09 bits per heavy atom. The molecule has 0 bridgehead atoms. The van der Waals surface area contributed by atoms with Gasteiger partial charge in [-0.2, -0.15) is 0 Å². The molecular weight excluding hydrogens is 331 g/mol. The number of hydrogen-bond donors (Lipinski definition) is 2. The van der Waals surface area contributed by atoms with E-state index in [-0.39, 0.29) is 5.91 Å². The van der Waals surface area contributed by atoms with Gasteiger partial charge in [0.25, 0.3) is 0 Å². The number of benzene rings is 2. The van der Waals surface area contributed by atoms with Crippen molar-refractivity contribution in [2.45, 2.75) is 12.8 Å². The highest BCUT2D eigenvalue weighted by Crippen LogP contribution is 2.22. The van der Waals surface area contributed by atoms with Gasteiger partial charge in [-0.1, -0.05) is 41.4 Å². The second kappa shape index (κ2) is 7.07.